The van der Waals surface area contributed by atoms with E-state index in [1.54, 1.807) is 0 Å². The molecule has 7 unspecified atom stereocenters. The van der Waals surface area contributed by atoms with Crippen LogP contribution in [0, 0.1) is 87.9 Å². The molecule has 14 aliphatic carbocycles. The minimum atomic E-state index is -0.826. The molecule has 110 heavy (non-hydrogen) atoms. The first-order valence-electron chi connectivity index (χ1n) is 39.6. The summed E-state index contributed by atoms with van der Waals surface area (Å²) in [5, 5.41) is 50.1. The van der Waals surface area contributed by atoms with Gasteiger partial charge in [-0.15, -0.1) is 0 Å². The van der Waals surface area contributed by atoms with Gasteiger partial charge < -0.3 is 25.5 Å². The molecule has 14 aliphatic rings. The Bertz CT molecular complexity index is 3480. The number of fused-ring (bicyclic) bond motifs is 18. The Morgan fingerprint density at radius 2 is 0.582 bits per heavy atom. The molecule has 7 atom stereocenters. The number of benzene rings is 5. The Hall–Kier alpha value is 0.766. The van der Waals surface area contributed by atoms with E-state index in [9.17, 15) is 25.5 Å². The van der Waals surface area contributed by atoms with Crippen LogP contribution in [0.2, 0.25) is 0 Å². The number of aliphatic imine (C=N–C) groups is 5. The molecule has 5 N–H and O–H groups in total. The van der Waals surface area contributed by atoms with Gasteiger partial charge in [-0.3, -0.25) is 25.0 Å². The maximum absolute atomic E-state index is 10.1. The molecule has 600 valence electrons. The van der Waals surface area contributed by atoms with E-state index >= 15 is 0 Å². The van der Waals surface area contributed by atoms with Crippen molar-refractivity contribution in [3.8, 4) is 28.7 Å². The van der Waals surface area contributed by atoms with Crippen molar-refractivity contribution in [2.24, 2.45) is 78.2 Å². The molecule has 0 aromatic heterocycles. The molecule has 25 heteroatoms. The van der Waals surface area contributed by atoms with Crippen molar-refractivity contribution in [3.63, 3.8) is 0 Å². The molecular formula is C85H115Cl10N5O5Zr5. The average Bonchev–Trinajstić information content (AvgIpc) is 1.01. The fourth-order valence-electron chi connectivity index (χ4n) is 18.4. The molecule has 14 saturated carbocycles. The summed E-state index contributed by atoms with van der Waals surface area (Å²) < 4.78 is 0. The van der Waals surface area contributed by atoms with E-state index in [1.165, 1.54) is 199 Å². The summed E-state index contributed by atoms with van der Waals surface area (Å²) in [6.07, 6.45) is 51.1. The first kappa shape index (κ1) is 99.6. The van der Waals surface area contributed by atoms with E-state index in [-0.39, 0.29) is 5.54 Å². The third-order valence-corrected chi connectivity index (χ3v) is 24.7. The summed E-state index contributed by atoms with van der Waals surface area (Å²) in [5.41, 5.74) is 9.08. The predicted octanol–water partition coefficient (Wildman–Crippen LogP) is 27.5. The van der Waals surface area contributed by atoms with Crippen LogP contribution in [0.4, 0.5) is 0 Å². The first-order chi connectivity index (χ1) is 53.2. The van der Waals surface area contributed by atoms with Crippen molar-refractivity contribution in [3.05, 3.63) is 147 Å². The zero-order valence-electron chi connectivity index (χ0n) is 64.7. The third kappa shape index (κ3) is 34.7. The number of hydrogen-bond acceptors (Lipinski definition) is 10. The number of hydrogen-bond donors (Lipinski definition) is 5. The Kier molecular flexibility index (Phi) is 51.0. The van der Waals surface area contributed by atoms with Gasteiger partial charge in [0.15, 0.2) is 0 Å². The third-order valence-electron chi connectivity index (χ3n) is 24.7. The molecule has 0 heterocycles. The molecule has 14 fully saturated rings. The number of aromatic hydroxyl groups is 5. The van der Waals surface area contributed by atoms with Crippen molar-refractivity contribution in [2.75, 3.05) is 0 Å². The molecule has 19 rings (SSSR count). The molecule has 0 radical (unpaired) electrons. The zero-order valence-corrected chi connectivity index (χ0v) is 84.6. The van der Waals surface area contributed by atoms with Crippen LogP contribution >= 0.6 is 85.1 Å². The van der Waals surface area contributed by atoms with Crippen LogP contribution in [0.15, 0.2) is 116 Å². The molecular weight excluding hydrogens is 1980 g/mol. The summed E-state index contributed by atoms with van der Waals surface area (Å²) in [7, 11) is 49.3. The topological polar surface area (TPSA) is 163 Å². The van der Waals surface area contributed by atoms with Crippen LogP contribution in [0.3, 0.4) is 0 Å². The number of nitrogens with zero attached hydrogens (tertiary/aromatic N) is 5. The number of para-hydroxylation sites is 5. The summed E-state index contributed by atoms with van der Waals surface area (Å²) in [5.74, 6) is 9.82. The van der Waals surface area contributed by atoms with Gasteiger partial charge in [-0.25, -0.2) is 0 Å². The van der Waals surface area contributed by atoms with Crippen LogP contribution in [-0.4, -0.2) is 86.3 Å². The van der Waals surface area contributed by atoms with E-state index in [0.717, 1.165) is 109 Å². The number of halogens is 10. The van der Waals surface area contributed by atoms with Crippen LogP contribution < -0.4 is 0 Å². The van der Waals surface area contributed by atoms with Crippen LogP contribution in [0.25, 0.3) is 0 Å². The van der Waals surface area contributed by atoms with Gasteiger partial charge in [-0.05, 0) is 262 Å². The summed E-state index contributed by atoms with van der Waals surface area (Å²) in [6, 6.07) is 31.2. The van der Waals surface area contributed by atoms with E-state index in [2.05, 4.69) is 0 Å². The molecule has 10 bridgehead atoms. The van der Waals surface area contributed by atoms with E-state index in [4.69, 9.17) is 110 Å². The molecule has 0 saturated heterocycles. The second-order valence-electron chi connectivity index (χ2n) is 31.7. The van der Waals surface area contributed by atoms with Crippen molar-refractivity contribution in [1.82, 2.24) is 0 Å². The maximum atomic E-state index is 10.1. The Morgan fingerprint density at radius 1 is 0.291 bits per heavy atom. The fraction of sp³-hybridized carbons (Fsp3) is 0.588. The second-order valence-corrected chi connectivity index (χ2v) is 50.3. The minimum absolute atomic E-state index is 0.170. The van der Waals surface area contributed by atoms with Crippen molar-refractivity contribution >= 4 is 116 Å². The van der Waals surface area contributed by atoms with E-state index < -0.39 is 104 Å². The molecule has 5 aromatic rings. The zero-order chi connectivity index (χ0) is 79.8. The average molecular weight is 2100 g/mol. The van der Waals surface area contributed by atoms with Gasteiger partial charge >= 0.3 is 189 Å². The quantitative estimate of drug-likeness (QED) is 0.0878. The number of phenolic OH excluding ortho intramolecular Hbond substituents is 5. The van der Waals surface area contributed by atoms with Crippen molar-refractivity contribution in [1.29, 1.82) is 0 Å². The Labute approximate surface area is 752 Å². The Morgan fingerprint density at radius 3 is 1.00 bits per heavy atom. The van der Waals surface area contributed by atoms with Gasteiger partial charge in [-0.2, -0.15) is 0 Å². The summed E-state index contributed by atoms with van der Waals surface area (Å²) in [6.45, 7) is 9.65. The molecule has 0 aliphatic heterocycles. The van der Waals surface area contributed by atoms with E-state index in [0.29, 0.717) is 52.9 Å². The SMILES string of the molecule is Cc1cccc(C=NC23CCCC(CC2)CC3)c1O.Cc1cccc(C=NC2CC3CCC(CC3)C2)c1O.Cc1cccc(C=NC2CC3CCCC2CC3)c1O.Cc1cccc(C=NC2CCC3CCC2CC3)c1O.Cc1cccc(C=NC2CCC3CCCC2C3)c1O.[Cl][Zr][Cl].[Cl][Zr][Cl].[Cl][Zr][Cl].[Cl][Zr][Cl].[Cl][Zr][Cl]. The monoisotopic (exact) mass is 2090 g/mol. The fourth-order valence-corrected chi connectivity index (χ4v) is 18.4. The molecule has 0 amide bonds. The molecule has 10 nitrogen and oxygen atoms in total. The summed E-state index contributed by atoms with van der Waals surface area (Å²) in [4.78, 5) is 24.1. The standard InChI is InChI=1S/5C17H23NO.10ClH.5Zr/c1-12-4-2-7-15(17(12)19)11-18-16-9-8-13-5-3-6-14(16)10-13;1-12-4-2-7-15(17(12)19)11-18-16-10-13-5-3-6-14(16)9-8-13;1-13-4-2-6-15(16(13)19)12-18-17-9-3-5-14(7-10-17)8-11-17;1-12-3-2-4-15(17(12)19)11-18-16-10-7-13-5-8-14(16)9-6-13;1-12-3-2-4-15(17(12)19)11-18-16-9-13-5-6-14(10-16)8-7-13;;;;;;;;;;;;;;;/h2*2,4,7,11,13-14,16,19H,3,5-6,8-10H2,1H3;2,4,6,12,14,19H,3,5,7-11H2,1H3;2*2-4,11,13-14,16,19H,5-10H2,1H3;10*1H;;;;;/q;;;;;;;;;;;;;;;5*+2/p-10. The van der Waals surface area contributed by atoms with Crippen molar-refractivity contribution in [2.45, 2.75) is 263 Å². The van der Waals surface area contributed by atoms with Gasteiger partial charge in [0.25, 0.3) is 0 Å². The van der Waals surface area contributed by atoms with Gasteiger partial charge in [0.05, 0.1) is 29.7 Å². The van der Waals surface area contributed by atoms with Crippen molar-refractivity contribution < 1.29 is 130 Å². The van der Waals surface area contributed by atoms with Gasteiger partial charge in [0, 0.05) is 58.9 Å². The van der Waals surface area contributed by atoms with Gasteiger partial charge in [-0.1, -0.05) is 144 Å². The first-order valence-corrected chi connectivity index (χ1v) is 71.3. The van der Waals surface area contributed by atoms with Crippen LogP contribution in [0.5, 0.6) is 28.7 Å². The van der Waals surface area contributed by atoms with Gasteiger partial charge in [0.1, 0.15) is 28.7 Å². The second kappa shape index (κ2) is 56.4. The number of phenols is 5. The molecule has 0 spiro atoms. The predicted molar refractivity (Wildman–Crippen MR) is 453 cm³/mol. The number of aryl methyl sites for hydroxylation is 5. The Balaban J connectivity index is 0.000000205. The van der Waals surface area contributed by atoms with Crippen LogP contribution in [0.1, 0.15) is 255 Å². The molecule has 5 aromatic carbocycles. The summed E-state index contributed by atoms with van der Waals surface area (Å²) >= 11 is -4.13. The normalized spacial score (nSPS) is 27.1. The van der Waals surface area contributed by atoms with Crippen LogP contribution in [-0.2, 0) is 104 Å². The van der Waals surface area contributed by atoms with Gasteiger partial charge in [0.2, 0.25) is 0 Å². The number of rotatable bonds is 10. The van der Waals surface area contributed by atoms with E-state index in [1.807, 2.05) is 157 Å².